The SMILES string of the molecule is C=CC.N#Cc1ccc(OC2CCCCC2)cc1Cl. The van der Waals surface area contributed by atoms with Crippen LogP contribution in [0.2, 0.25) is 5.02 Å². The van der Waals surface area contributed by atoms with Crippen LogP contribution in [0.5, 0.6) is 5.75 Å². The summed E-state index contributed by atoms with van der Waals surface area (Å²) in [5, 5.41) is 9.22. The van der Waals surface area contributed by atoms with E-state index in [1.54, 1.807) is 18.2 Å². The quantitative estimate of drug-likeness (QED) is 0.703. The van der Waals surface area contributed by atoms with Crippen molar-refractivity contribution in [3.63, 3.8) is 0 Å². The Balaban J connectivity index is 0.000000550. The summed E-state index contributed by atoms with van der Waals surface area (Å²) >= 11 is 5.94. The first kappa shape index (κ1) is 15.6. The van der Waals surface area contributed by atoms with Crippen molar-refractivity contribution in [2.75, 3.05) is 0 Å². The Morgan fingerprint density at radius 3 is 2.53 bits per heavy atom. The van der Waals surface area contributed by atoms with E-state index in [2.05, 4.69) is 6.58 Å². The standard InChI is InChI=1S/C13H14ClNO.C3H6/c14-13-8-12(7-6-10(13)9-15)16-11-4-2-1-3-5-11;1-3-2/h6-8,11H,1-5H2;3H,1H2,2H3. The Morgan fingerprint density at radius 2 is 2.00 bits per heavy atom. The molecule has 0 aromatic heterocycles. The Hall–Kier alpha value is -1.46. The van der Waals surface area contributed by atoms with Gasteiger partial charge in [-0.2, -0.15) is 5.26 Å². The van der Waals surface area contributed by atoms with Crippen LogP contribution in [-0.2, 0) is 0 Å². The van der Waals surface area contributed by atoms with Crippen molar-refractivity contribution in [2.45, 2.75) is 45.1 Å². The Labute approximate surface area is 120 Å². The van der Waals surface area contributed by atoms with Crippen molar-refractivity contribution in [3.05, 3.63) is 41.4 Å². The minimum Gasteiger partial charge on any atom is -0.490 e. The first-order valence-corrected chi connectivity index (χ1v) is 7.02. The highest BCUT2D eigenvalue weighted by atomic mass is 35.5. The molecule has 1 fully saturated rings. The van der Waals surface area contributed by atoms with Gasteiger partial charge in [0.25, 0.3) is 0 Å². The molecular weight excluding hydrogens is 258 g/mol. The van der Waals surface area contributed by atoms with Crippen LogP contribution in [0.15, 0.2) is 30.9 Å². The summed E-state index contributed by atoms with van der Waals surface area (Å²) in [5.41, 5.74) is 0.498. The van der Waals surface area contributed by atoms with Crippen molar-refractivity contribution in [1.29, 1.82) is 5.26 Å². The molecule has 1 aromatic carbocycles. The van der Waals surface area contributed by atoms with E-state index < -0.39 is 0 Å². The molecule has 0 unspecified atom stereocenters. The number of hydrogen-bond acceptors (Lipinski definition) is 2. The van der Waals surface area contributed by atoms with E-state index in [4.69, 9.17) is 21.6 Å². The van der Waals surface area contributed by atoms with E-state index in [-0.39, 0.29) is 0 Å². The highest BCUT2D eigenvalue weighted by Crippen LogP contribution is 2.26. The van der Waals surface area contributed by atoms with E-state index in [1.807, 2.05) is 19.1 Å². The van der Waals surface area contributed by atoms with Gasteiger partial charge in [0.1, 0.15) is 11.8 Å². The Bertz CT molecular complexity index is 445. The molecule has 102 valence electrons. The van der Waals surface area contributed by atoms with E-state index in [1.165, 1.54) is 19.3 Å². The number of rotatable bonds is 2. The third kappa shape index (κ3) is 5.36. The predicted molar refractivity (Wildman–Crippen MR) is 79.5 cm³/mol. The van der Waals surface area contributed by atoms with Gasteiger partial charge in [-0.05, 0) is 44.7 Å². The molecule has 0 atom stereocenters. The zero-order valence-electron chi connectivity index (χ0n) is 11.4. The highest BCUT2D eigenvalue weighted by Gasteiger charge is 2.15. The van der Waals surface area contributed by atoms with Gasteiger partial charge in [-0.1, -0.05) is 24.1 Å². The number of ether oxygens (including phenoxy) is 1. The van der Waals surface area contributed by atoms with Gasteiger partial charge in [-0.25, -0.2) is 0 Å². The third-order valence-corrected chi connectivity index (χ3v) is 3.23. The van der Waals surface area contributed by atoms with Crippen molar-refractivity contribution in [3.8, 4) is 11.8 Å². The average molecular weight is 278 g/mol. The third-order valence-electron chi connectivity index (χ3n) is 2.92. The summed E-state index contributed by atoms with van der Waals surface area (Å²) in [6, 6.07) is 7.30. The van der Waals surface area contributed by atoms with Gasteiger partial charge in [0.05, 0.1) is 16.7 Å². The summed E-state index contributed by atoms with van der Waals surface area (Å²) in [4.78, 5) is 0. The molecule has 1 saturated carbocycles. The molecule has 2 rings (SSSR count). The molecule has 0 spiro atoms. The maximum Gasteiger partial charge on any atom is 0.121 e. The molecule has 0 aliphatic heterocycles. The normalized spacial score (nSPS) is 14.8. The molecular formula is C16H20ClNO. The van der Waals surface area contributed by atoms with E-state index in [0.717, 1.165) is 18.6 Å². The van der Waals surface area contributed by atoms with Crippen molar-refractivity contribution < 1.29 is 4.74 Å². The first-order valence-electron chi connectivity index (χ1n) is 6.64. The van der Waals surface area contributed by atoms with Gasteiger partial charge in [-0.15, -0.1) is 6.58 Å². The summed E-state index contributed by atoms with van der Waals surface area (Å²) in [6.07, 6.45) is 8.12. The lowest BCUT2D eigenvalue weighted by atomic mass is 9.98. The molecule has 0 amide bonds. The lowest BCUT2D eigenvalue weighted by Crippen LogP contribution is -2.19. The summed E-state index contributed by atoms with van der Waals surface area (Å²) < 4.78 is 5.84. The van der Waals surface area contributed by atoms with Gasteiger partial charge in [0.15, 0.2) is 0 Å². The van der Waals surface area contributed by atoms with Crippen LogP contribution in [0.1, 0.15) is 44.6 Å². The van der Waals surface area contributed by atoms with Gasteiger partial charge >= 0.3 is 0 Å². The van der Waals surface area contributed by atoms with Gasteiger partial charge in [0, 0.05) is 6.07 Å². The molecule has 3 heteroatoms. The largest absolute Gasteiger partial charge is 0.490 e. The molecule has 0 N–H and O–H groups in total. The molecule has 2 nitrogen and oxygen atoms in total. The monoisotopic (exact) mass is 277 g/mol. The minimum absolute atomic E-state index is 0.317. The molecule has 0 heterocycles. The van der Waals surface area contributed by atoms with E-state index in [9.17, 15) is 0 Å². The van der Waals surface area contributed by atoms with Gasteiger partial charge < -0.3 is 4.74 Å². The van der Waals surface area contributed by atoms with Crippen molar-refractivity contribution in [2.24, 2.45) is 0 Å². The maximum atomic E-state index is 8.76. The van der Waals surface area contributed by atoms with E-state index in [0.29, 0.717) is 16.7 Å². The molecule has 0 saturated heterocycles. The summed E-state index contributed by atoms with van der Waals surface area (Å²) in [7, 11) is 0. The molecule has 0 bridgehead atoms. The van der Waals surface area contributed by atoms with Crippen LogP contribution >= 0.6 is 11.6 Å². The second-order valence-corrected chi connectivity index (χ2v) is 4.95. The molecule has 19 heavy (non-hydrogen) atoms. The molecule has 0 radical (unpaired) electrons. The number of allylic oxidation sites excluding steroid dienone is 1. The van der Waals surface area contributed by atoms with Crippen LogP contribution in [-0.4, -0.2) is 6.10 Å². The van der Waals surface area contributed by atoms with Gasteiger partial charge in [0.2, 0.25) is 0 Å². The number of halogens is 1. The smallest absolute Gasteiger partial charge is 0.121 e. The first-order chi connectivity index (χ1) is 9.21. The number of benzene rings is 1. The van der Waals surface area contributed by atoms with Crippen LogP contribution < -0.4 is 4.74 Å². The zero-order valence-corrected chi connectivity index (χ0v) is 12.1. The number of hydrogen-bond donors (Lipinski definition) is 0. The average Bonchev–Trinajstić information content (AvgIpc) is 2.41. The molecule has 1 aliphatic carbocycles. The summed E-state index contributed by atoms with van der Waals surface area (Å²) in [6.45, 7) is 5.25. The van der Waals surface area contributed by atoms with Crippen LogP contribution in [0.4, 0.5) is 0 Å². The minimum atomic E-state index is 0.317. The summed E-state index contributed by atoms with van der Waals surface area (Å²) in [5.74, 6) is 0.774. The topological polar surface area (TPSA) is 33.0 Å². The Morgan fingerprint density at radius 1 is 1.37 bits per heavy atom. The van der Waals surface area contributed by atoms with E-state index >= 15 is 0 Å². The van der Waals surface area contributed by atoms with Crippen LogP contribution in [0, 0.1) is 11.3 Å². The van der Waals surface area contributed by atoms with Gasteiger partial charge in [-0.3, -0.25) is 0 Å². The predicted octanol–water partition coefficient (Wildman–Crippen LogP) is 5.12. The zero-order chi connectivity index (χ0) is 14.1. The fourth-order valence-corrected chi connectivity index (χ4v) is 2.25. The Kier molecular flexibility index (Phi) is 7.07. The van der Waals surface area contributed by atoms with Crippen molar-refractivity contribution in [1.82, 2.24) is 0 Å². The number of nitrogens with zero attached hydrogens (tertiary/aromatic N) is 1. The van der Waals surface area contributed by atoms with Crippen LogP contribution in [0.25, 0.3) is 0 Å². The highest BCUT2D eigenvalue weighted by molar-refractivity contribution is 6.31. The molecule has 1 aromatic rings. The molecule has 1 aliphatic rings. The second-order valence-electron chi connectivity index (χ2n) is 4.54. The maximum absolute atomic E-state index is 8.76. The lowest BCUT2D eigenvalue weighted by Gasteiger charge is -2.23. The fraction of sp³-hybridized carbons (Fsp3) is 0.438. The van der Waals surface area contributed by atoms with Crippen molar-refractivity contribution >= 4 is 11.6 Å². The second kappa shape index (κ2) is 8.61. The lowest BCUT2D eigenvalue weighted by molar-refractivity contribution is 0.155. The number of nitriles is 1. The fourth-order valence-electron chi connectivity index (χ4n) is 2.04. The van der Waals surface area contributed by atoms with Crippen LogP contribution in [0.3, 0.4) is 0 Å².